The Labute approximate surface area is 147 Å². The lowest BCUT2D eigenvalue weighted by atomic mass is 10.0. The fourth-order valence-electron chi connectivity index (χ4n) is 2.37. The van der Waals surface area contributed by atoms with Gasteiger partial charge in [0.15, 0.2) is 0 Å². The molecule has 0 saturated heterocycles. The van der Waals surface area contributed by atoms with Gasteiger partial charge in [0, 0.05) is 13.3 Å². The molecule has 0 aliphatic rings. The number of carboxylic acids is 1. The number of nitrogens with zero attached hydrogens (tertiary/aromatic N) is 1. The van der Waals surface area contributed by atoms with Crippen LogP contribution in [0.4, 0.5) is 0 Å². The Hall–Kier alpha value is -2.88. The number of benzene rings is 1. The molecule has 7 heteroatoms. The molecule has 0 aromatic heterocycles. The predicted molar refractivity (Wildman–Crippen MR) is 91.5 cm³/mol. The number of amides is 2. The second kappa shape index (κ2) is 9.42. The van der Waals surface area contributed by atoms with E-state index >= 15 is 0 Å². The van der Waals surface area contributed by atoms with Gasteiger partial charge in [0.25, 0.3) is 0 Å². The molecule has 1 aromatic rings. The van der Waals surface area contributed by atoms with E-state index in [1.165, 1.54) is 6.92 Å². The molecule has 0 unspecified atom stereocenters. The summed E-state index contributed by atoms with van der Waals surface area (Å²) in [6, 6.07) is 6.58. The summed E-state index contributed by atoms with van der Waals surface area (Å²) in [5.74, 6) is -1.88. The summed E-state index contributed by atoms with van der Waals surface area (Å²) in [4.78, 5) is 35.1. The SMILES string of the molecule is CC(=O)N[C@@H](CC(C)C)C(=O)N[C@@H](Cc1ccc(C#N)cc1)C(=O)O. The summed E-state index contributed by atoms with van der Waals surface area (Å²) in [6.07, 6.45) is 0.496. The molecule has 0 aliphatic heterocycles. The number of nitriles is 1. The number of carbonyl (C=O) groups is 3. The Morgan fingerprint density at radius 1 is 1.12 bits per heavy atom. The van der Waals surface area contributed by atoms with E-state index in [9.17, 15) is 19.5 Å². The van der Waals surface area contributed by atoms with Gasteiger partial charge < -0.3 is 15.7 Å². The maximum atomic E-state index is 12.4. The molecule has 0 aliphatic carbocycles. The van der Waals surface area contributed by atoms with E-state index in [0.717, 1.165) is 0 Å². The van der Waals surface area contributed by atoms with Gasteiger partial charge in [-0.2, -0.15) is 5.26 Å². The maximum Gasteiger partial charge on any atom is 0.326 e. The van der Waals surface area contributed by atoms with Crippen molar-refractivity contribution in [3.63, 3.8) is 0 Å². The number of nitrogens with one attached hydrogen (secondary N) is 2. The molecule has 2 amide bonds. The Balaban J connectivity index is 2.83. The summed E-state index contributed by atoms with van der Waals surface area (Å²) in [6.45, 7) is 5.13. The first kappa shape index (κ1) is 20.2. The normalized spacial score (nSPS) is 12.8. The molecule has 2 atom stereocenters. The van der Waals surface area contributed by atoms with Gasteiger partial charge >= 0.3 is 5.97 Å². The van der Waals surface area contributed by atoms with Crippen molar-refractivity contribution in [1.29, 1.82) is 5.26 Å². The van der Waals surface area contributed by atoms with Crippen molar-refractivity contribution in [2.24, 2.45) is 5.92 Å². The average molecular weight is 345 g/mol. The summed E-state index contributed by atoms with van der Waals surface area (Å²) in [5, 5.41) is 23.2. The lowest BCUT2D eigenvalue weighted by molar-refractivity contribution is -0.142. The highest BCUT2D eigenvalue weighted by Gasteiger charge is 2.26. The van der Waals surface area contributed by atoms with Crippen molar-refractivity contribution in [3.05, 3.63) is 35.4 Å². The Kier molecular flexibility index (Phi) is 7.60. The molecule has 0 saturated carbocycles. The van der Waals surface area contributed by atoms with Crippen molar-refractivity contribution >= 4 is 17.8 Å². The fourth-order valence-corrected chi connectivity index (χ4v) is 2.37. The zero-order chi connectivity index (χ0) is 19.0. The van der Waals surface area contributed by atoms with Crippen molar-refractivity contribution in [1.82, 2.24) is 10.6 Å². The van der Waals surface area contributed by atoms with Gasteiger partial charge in [-0.1, -0.05) is 26.0 Å². The quantitative estimate of drug-likeness (QED) is 0.654. The van der Waals surface area contributed by atoms with Crippen LogP contribution in [0.15, 0.2) is 24.3 Å². The molecule has 0 heterocycles. The molecule has 134 valence electrons. The van der Waals surface area contributed by atoms with Crippen LogP contribution in [-0.4, -0.2) is 35.0 Å². The van der Waals surface area contributed by atoms with E-state index in [2.05, 4.69) is 10.6 Å². The van der Waals surface area contributed by atoms with E-state index in [1.54, 1.807) is 24.3 Å². The highest BCUT2D eigenvalue weighted by molar-refractivity contribution is 5.90. The van der Waals surface area contributed by atoms with E-state index in [1.807, 2.05) is 19.9 Å². The number of aliphatic carboxylic acids is 1. The summed E-state index contributed by atoms with van der Waals surface area (Å²) < 4.78 is 0. The van der Waals surface area contributed by atoms with E-state index in [4.69, 9.17) is 5.26 Å². The maximum absolute atomic E-state index is 12.4. The molecule has 3 N–H and O–H groups in total. The molecule has 0 spiro atoms. The largest absolute Gasteiger partial charge is 0.480 e. The third-order valence-corrected chi connectivity index (χ3v) is 3.54. The number of rotatable bonds is 8. The standard InChI is InChI=1S/C18H23N3O4/c1-11(2)8-15(20-12(3)22)17(23)21-16(18(24)25)9-13-4-6-14(10-19)7-5-13/h4-7,11,15-16H,8-9H2,1-3H3,(H,20,22)(H,21,23)(H,24,25)/t15-,16-/m0/s1. The number of hydrogen-bond donors (Lipinski definition) is 3. The third-order valence-electron chi connectivity index (χ3n) is 3.54. The Bertz CT molecular complexity index is 662. The van der Waals surface area contributed by atoms with E-state index in [-0.39, 0.29) is 18.2 Å². The second-order valence-electron chi connectivity index (χ2n) is 6.29. The van der Waals surface area contributed by atoms with Crippen molar-refractivity contribution in [2.45, 2.75) is 45.7 Å². The average Bonchev–Trinajstić information content (AvgIpc) is 2.53. The van der Waals surface area contributed by atoms with E-state index < -0.39 is 24.0 Å². The molecule has 0 bridgehead atoms. The van der Waals surface area contributed by atoms with Gasteiger partial charge in [-0.05, 0) is 30.0 Å². The lowest BCUT2D eigenvalue weighted by Gasteiger charge is -2.22. The highest BCUT2D eigenvalue weighted by Crippen LogP contribution is 2.09. The van der Waals surface area contributed by atoms with Gasteiger partial charge in [0.05, 0.1) is 11.6 Å². The molecule has 7 nitrogen and oxygen atoms in total. The van der Waals surface area contributed by atoms with Crippen LogP contribution in [0.1, 0.15) is 38.3 Å². The molecule has 1 aromatic carbocycles. The first-order chi connectivity index (χ1) is 11.7. The molecular weight excluding hydrogens is 322 g/mol. The first-order valence-electron chi connectivity index (χ1n) is 8.02. The number of carbonyl (C=O) groups excluding carboxylic acids is 2. The van der Waals surface area contributed by atoms with Crippen molar-refractivity contribution < 1.29 is 19.5 Å². The molecule has 1 rings (SSSR count). The van der Waals surface area contributed by atoms with Crippen LogP contribution in [0.25, 0.3) is 0 Å². The van der Waals surface area contributed by atoms with Gasteiger partial charge in [0.1, 0.15) is 12.1 Å². The zero-order valence-electron chi connectivity index (χ0n) is 14.6. The van der Waals surface area contributed by atoms with Gasteiger partial charge in [0.2, 0.25) is 11.8 Å². The van der Waals surface area contributed by atoms with Gasteiger partial charge in [-0.3, -0.25) is 9.59 Å². The Morgan fingerprint density at radius 2 is 1.72 bits per heavy atom. The second-order valence-corrected chi connectivity index (χ2v) is 6.29. The van der Waals surface area contributed by atoms with Crippen molar-refractivity contribution in [2.75, 3.05) is 0 Å². The molecule has 0 fully saturated rings. The minimum absolute atomic E-state index is 0.0846. The molecular formula is C18H23N3O4. The van der Waals surface area contributed by atoms with Crippen molar-refractivity contribution in [3.8, 4) is 6.07 Å². The van der Waals surface area contributed by atoms with E-state index in [0.29, 0.717) is 17.5 Å². The fraction of sp³-hybridized carbons (Fsp3) is 0.444. The van der Waals surface area contributed by atoms with Crippen LogP contribution in [0, 0.1) is 17.2 Å². The van der Waals surface area contributed by atoms with Crippen LogP contribution in [0.3, 0.4) is 0 Å². The monoisotopic (exact) mass is 345 g/mol. The molecule has 25 heavy (non-hydrogen) atoms. The minimum Gasteiger partial charge on any atom is -0.480 e. The smallest absolute Gasteiger partial charge is 0.326 e. The van der Waals surface area contributed by atoms with Crippen LogP contribution in [-0.2, 0) is 20.8 Å². The van der Waals surface area contributed by atoms with Crippen LogP contribution in [0.2, 0.25) is 0 Å². The minimum atomic E-state index is -1.16. The lowest BCUT2D eigenvalue weighted by Crippen LogP contribution is -2.52. The summed E-state index contributed by atoms with van der Waals surface area (Å²) in [7, 11) is 0. The van der Waals surface area contributed by atoms with Gasteiger partial charge in [-0.25, -0.2) is 4.79 Å². The third kappa shape index (κ3) is 7.04. The zero-order valence-corrected chi connectivity index (χ0v) is 14.6. The summed E-state index contributed by atoms with van der Waals surface area (Å²) >= 11 is 0. The predicted octanol–water partition coefficient (Wildman–Crippen LogP) is 1.22. The molecule has 0 radical (unpaired) electrons. The van der Waals surface area contributed by atoms with Crippen LogP contribution < -0.4 is 10.6 Å². The first-order valence-corrected chi connectivity index (χ1v) is 8.02. The topological polar surface area (TPSA) is 119 Å². The number of hydrogen-bond acceptors (Lipinski definition) is 4. The Morgan fingerprint density at radius 3 is 2.16 bits per heavy atom. The van der Waals surface area contributed by atoms with Crippen LogP contribution in [0.5, 0.6) is 0 Å². The van der Waals surface area contributed by atoms with Gasteiger partial charge in [-0.15, -0.1) is 0 Å². The highest BCUT2D eigenvalue weighted by atomic mass is 16.4. The number of carboxylic acid groups (broad SMARTS) is 1. The summed E-state index contributed by atoms with van der Waals surface area (Å²) in [5.41, 5.74) is 1.16. The van der Waals surface area contributed by atoms with Crippen LogP contribution >= 0.6 is 0 Å².